The number of para-hydroxylation sites is 1. The first-order valence-corrected chi connectivity index (χ1v) is 6.70. The van der Waals surface area contributed by atoms with Gasteiger partial charge in [-0.2, -0.15) is 0 Å². The maximum Gasteiger partial charge on any atom is 0.244 e. The van der Waals surface area contributed by atoms with Gasteiger partial charge >= 0.3 is 0 Å². The largest absolute Gasteiger partial charge is 0.314 e. The fourth-order valence-corrected chi connectivity index (χ4v) is 2.94. The summed E-state index contributed by atoms with van der Waals surface area (Å²) in [6, 6.07) is 6.29. The zero-order valence-corrected chi connectivity index (χ0v) is 11.7. The normalized spacial score (nSPS) is 19.3. The number of hydrogen-bond acceptors (Lipinski definition) is 2. The molecule has 1 unspecified atom stereocenters. The Morgan fingerprint density at radius 1 is 1.33 bits per heavy atom. The number of fused-ring (bicyclic) bond motifs is 1. The Balaban J connectivity index is 2.40. The SMILES string of the molecule is CCN(CC)C1Cc2cccc(C)c2N(C)C1=O. The van der Waals surface area contributed by atoms with Gasteiger partial charge < -0.3 is 4.90 Å². The molecule has 0 saturated carbocycles. The molecule has 0 saturated heterocycles. The summed E-state index contributed by atoms with van der Waals surface area (Å²) < 4.78 is 0. The molecule has 0 fully saturated rings. The van der Waals surface area contributed by atoms with Crippen molar-refractivity contribution >= 4 is 11.6 Å². The van der Waals surface area contributed by atoms with E-state index in [1.807, 2.05) is 11.9 Å². The molecule has 1 aromatic rings. The van der Waals surface area contributed by atoms with Crippen LogP contribution in [-0.4, -0.2) is 37.0 Å². The highest BCUT2D eigenvalue weighted by atomic mass is 16.2. The van der Waals surface area contributed by atoms with Gasteiger partial charge in [0.2, 0.25) is 5.91 Å². The molecule has 1 aliphatic rings. The van der Waals surface area contributed by atoms with E-state index in [0.29, 0.717) is 0 Å². The maximum atomic E-state index is 12.5. The zero-order valence-electron chi connectivity index (χ0n) is 11.7. The number of aryl methyl sites for hydroxylation is 1. The number of nitrogens with zero attached hydrogens (tertiary/aromatic N) is 2. The van der Waals surface area contributed by atoms with Crippen LogP contribution in [-0.2, 0) is 11.2 Å². The number of benzene rings is 1. The van der Waals surface area contributed by atoms with Crippen molar-refractivity contribution in [3.05, 3.63) is 29.3 Å². The quantitative estimate of drug-likeness (QED) is 0.816. The highest BCUT2D eigenvalue weighted by Crippen LogP contribution is 2.31. The molecule has 1 heterocycles. The Labute approximate surface area is 109 Å². The number of likely N-dealkylation sites (N-methyl/N-ethyl adjacent to an activating group) is 2. The highest BCUT2D eigenvalue weighted by Gasteiger charge is 2.34. The van der Waals surface area contributed by atoms with Gasteiger partial charge in [0.15, 0.2) is 0 Å². The minimum atomic E-state index is -0.000648. The van der Waals surface area contributed by atoms with Crippen molar-refractivity contribution in [2.45, 2.75) is 33.2 Å². The van der Waals surface area contributed by atoms with Gasteiger partial charge in [-0.25, -0.2) is 0 Å². The summed E-state index contributed by atoms with van der Waals surface area (Å²) in [5.41, 5.74) is 3.57. The standard InChI is InChI=1S/C15H22N2O/c1-5-17(6-2)13-10-12-9-7-8-11(3)14(12)16(4)15(13)18/h7-9,13H,5-6,10H2,1-4H3. The molecule has 0 bridgehead atoms. The average Bonchev–Trinajstić information content (AvgIpc) is 2.36. The van der Waals surface area contributed by atoms with E-state index in [-0.39, 0.29) is 11.9 Å². The average molecular weight is 246 g/mol. The molecule has 0 spiro atoms. The van der Waals surface area contributed by atoms with Crippen molar-refractivity contribution in [3.63, 3.8) is 0 Å². The molecule has 1 aliphatic heterocycles. The summed E-state index contributed by atoms with van der Waals surface area (Å²) in [4.78, 5) is 16.6. The predicted octanol–water partition coefficient (Wildman–Crippen LogP) is 2.22. The van der Waals surface area contributed by atoms with Gasteiger partial charge in [0.1, 0.15) is 0 Å². The lowest BCUT2D eigenvalue weighted by Crippen LogP contribution is -2.51. The van der Waals surface area contributed by atoms with E-state index >= 15 is 0 Å². The van der Waals surface area contributed by atoms with Crippen molar-refractivity contribution in [2.75, 3.05) is 25.0 Å². The monoisotopic (exact) mass is 246 g/mol. The van der Waals surface area contributed by atoms with Crippen LogP contribution in [0.4, 0.5) is 5.69 Å². The Bertz CT molecular complexity index is 452. The van der Waals surface area contributed by atoms with Gasteiger partial charge in [-0.1, -0.05) is 32.0 Å². The smallest absolute Gasteiger partial charge is 0.244 e. The second-order valence-electron chi connectivity index (χ2n) is 4.92. The van der Waals surface area contributed by atoms with Crippen molar-refractivity contribution in [3.8, 4) is 0 Å². The minimum absolute atomic E-state index is 0.000648. The van der Waals surface area contributed by atoms with Gasteiger partial charge in [-0.15, -0.1) is 0 Å². The molecule has 1 atom stereocenters. The summed E-state index contributed by atoms with van der Waals surface area (Å²) in [5.74, 6) is 0.223. The third-order valence-corrected chi connectivity index (χ3v) is 3.94. The van der Waals surface area contributed by atoms with Crippen LogP contribution < -0.4 is 4.90 Å². The van der Waals surface area contributed by atoms with Gasteiger partial charge in [0, 0.05) is 12.7 Å². The van der Waals surface area contributed by atoms with E-state index in [4.69, 9.17) is 0 Å². The Morgan fingerprint density at radius 2 is 2.00 bits per heavy atom. The van der Waals surface area contributed by atoms with Crippen LogP contribution in [0.25, 0.3) is 0 Å². The van der Waals surface area contributed by atoms with Crippen LogP contribution >= 0.6 is 0 Å². The molecular formula is C15H22N2O. The van der Waals surface area contributed by atoms with Crippen LogP contribution in [0, 0.1) is 6.92 Å². The molecule has 1 amide bonds. The fourth-order valence-electron chi connectivity index (χ4n) is 2.94. The first kappa shape index (κ1) is 13.1. The highest BCUT2D eigenvalue weighted by molar-refractivity contribution is 6.00. The molecule has 98 valence electrons. The summed E-state index contributed by atoms with van der Waals surface area (Å²) in [6.07, 6.45) is 0.835. The number of hydrogen-bond donors (Lipinski definition) is 0. The number of rotatable bonds is 3. The van der Waals surface area contributed by atoms with Gasteiger partial charge in [0.25, 0.3) is 0 Å². The lowest BCUT2D eigenvalue weighted by molar-refractivity contribution is -0.123. The fraction of sp³-hybridized carbons (Fsp3) is 0.533. The Kier molecular flexibility index (Phi) is 3.71. The Hall–Kier alpha value is -1.35. The van der Waals surface area contributed by atoms with Crippen LogP contribution in [0.1, 0.15) is 25.0 Å². The second-order valence-corrected chi connectivity index (χ2v) is 4.92. The third kappa shape index (κ3) is 2.03. The number of carbonyl (C=O) groups excluding carboxylic acids is 1. The molecule has 0 aliphatic carbocycles. The predicted molar refractivity (Wildman–Crippen MR) is 75.0 cm³/mol. The van der Waals surface area contributed by atoms with E-state index < -0.39 is 0 Å². The maximum absolute atomic E-state index is 12.5. The van der Waals surface area contributed by atoms with E-state index in [0.717, 1.165) is 25.2 Å². The molecule has 0 N–H and O–H groups in total. The van der Waals surface area contributed by atoms with E-state index in [1.54, 1.807) is 0 Å². The van der Waals surface area contributed by atoms with Crippen molar-refractivity contribution in [1.29, 1.82) is 0 Å². The van der Waals surface area contributed by atoms with E-state index in [2.05, 4.69) is 43.9 Å². The van der Waals surface area contributed by atoms with Crippen molar-refractivity contribution in [1.82, 2.24) is 4.90 Å². The molecule has 3 heteroatoms. The van der Waals surface area contributed by atoms with Crippen LogP contribution in [0.5, 0.6) is 0 Å². The molecule has 0 aromatic heterocycles. The van der Waals surface area contributed by atoms with Crippen molar-refractivity contribution < 1.29 is 4.79 Å². The molecule has 0 radical (unpaired) electrons. The van der Waals surface area contributed by atoms with Crippen molar-refractivity contribution in [2.24, 2.45) is 0 Å². The van der Waals surface area contributed by atoms with Gasteiger partial charge in [-0.3, -0.25) is 9.69 Å². The lowest BCUT2D eigenvalue weighted by atomic mass is 9.94. The summed E-state index contributed by atoms with van der Waals surface area (Å²) in [7, 11) is 1.89. The summed E-state index contributed by atoms with van der Waals surface area (Å²) in [6.45, 7) is 8.13. The number of amides is 1. The van der Waals surface area contributed by atoms with Crippen LogP contribution in [0.2, 0.25) is 0 Å². The third-order valence-electron chi connectivity index (χ3n) is 3.94. The lowest BCUT2D eigenvalue weighted by Gasteiger charge is -2.37. The topological polar surface area (TPSA) is 23.6 Å². The molecule has 3 nitrogen and oxygen atoms in total. The van der Waals surface area contributed by atoms with Gasteiger partial charge in [0.05, 0.1) is 6.04 Å². The molecule has 1 aromatic carbocycles. The van der Waals surface area contributed by atoms with E-state index in [1.165, 1.54) is 11.1 Å². The molecular weight excluding hydrogens is 224 g/mol. The van der Waals surface area contributed by atoms with Gasteiger partial charge in [-0.05, 0) is 37.6 Å². The first-order valence-electron chi connectivity index (χ1n) is 6.70. The minimum Gasteiger partial charge on any atom is -0.314 e. The summed E-state index contributed by atoms with van der Waals surface area (Å²) >= 11 is 0. The first-order chi connectivity index (χ1) is 8.60. The molecule has 18 heavy (non-hydrogen) atoms. The zero-order chi connectivity index (χ0) is 13.3. The van der Waals surface area contributed by atoms with Crippen LogP contribution in [0.3, 0.4) is 0 Å². The van der Waals surface area contributed by atoms with Crippen LogP contribution in [0.15, 0.2) is 18.2 Å². The molecule has 2 rings (SSSR count). The number of anilines is 1. The summed E-state index contributed by atoms with van der Waals surface area (Å²) in [5, 5.41) is 0. The Morgan fingerprint density at radius 3 is 2.61 bits per heavy atom. The second kappa shape index (κ2) is 5.11. The number of carbonyl (C=O) groups is 1. The van der Waals surface area contributed by atoms with E-state index in [9.17, 15) is 4.79 Å².